The second-order valence-electron chi connectivity index (χ2n) is 6.57. The molecule has 2 amide bonds. The molecule has 0 saturated heterocycles. The molecule has 5 nitrogen and oxygen atoms in total. The quantitative estimate of drug-likeness (QED) is 0.243. The first kappa shape index (κ1) is 20.8. The van der Waals surface area contributed by atoms with Gasteiger partial charge < -0.3 is 5.32 Å². The van der Waals surface area contributed by atoms with Crippen LogP contribution in [-0.2, 0) is 16.1 Å². The summed E-state index contributed by atoms with van der Waals surface area (Å²) in [6.45, 7) is 0.374. The molecule has 0 heterocycles. The molecule has 0 aliphatic carbocycles. The number of carbonyl (C=O) groups excluding carboxylic acids is 2. The van der Waals surface area contributed by atoms with E-state index in [-0.39, 0.29) is 5.91 Å². The van der Waals surface area contributed by atoms with Crippen molar-refractivity contribution >= 4 is 29.5 Å². The summed E-state index contributed by atoms with van der Waals surface area (Å²) in [6, 6.07) is 26.7. The maximum atomic E-state index is 12.9. The summed E-state index contributed by atoms with van der Waals surface area (Å²) in [5.74, 6) is -0.751. The van der Waals surface area contributed by atoms with Gasteiger partial charge in [-0.15, -0.1) is 0 Å². The van der Waals surface area contributed by atoms with Crippen molar-refractivity contribution in [1.82, 2.24) is 10.8 Å². The highest BCUT2D eigenvalue weighted by molar-refractivity contribution is 6.24. The van der Waals surface area contributed by atoms with Crippen molar-refractivity contribution < 1.29 is 14.8 Å². The minimum absolute atomic E-state index is 0.159. The van der Waals surface area contributed by atoms with Gasteiger partial charge in [0.05, 0.1) is 0 Å². The van der Waals surface area contributed by atoms with Crippen molar-refractivity contribution in [3.05, 3.63) is 113 Å². The largest absolute Gasteiger partial charge is 0.348 e. The molecule has 5 heteroatoms. The minimum atomic E-state index is -0.593. The average Bonchev–Trinajstić information content (AvgIpc) is 2.81. The summed E-state index contributed by atoms with van der Waals surface area (Å²) in [5.41, 5.74) is 5.68. The monoisotopic (exact) mass is 398 g/mol. The zero-order valence-corrected chi connectivity index (χ0v) is 16.3. The van der Waals surface area contributed by atoms with Crippen LogP contribution in [0.25, 0.3) is 17.7 Å². The first-order chi connectivity index (χ1) is 14.7. The van der Waals surface area contributed by atoms with Gasteiger partial charge in [-0.25, -0.2) is 5.48 Å². The van der Waals surface area contributed by atoms with Crippen LogP contribution in [0.15, 0.2) is 91.0 Å². The first-order valence-corrected chi connectivity index (χ1v) is 9.47. The Balaban J connectivity index is 1.71. The van der Waals surface area contributed by atoms with Crippen molar-refractivity contribution in [2.75, 3.05) is 0 Å². The molecule has 3 rings (SSSR count). The number of hydrogen-bond acceptors (Lipinski definition) is 3. The van der Waals surface area contributed by atoms with Gasteiger partial charge in [0.15, 0.2) is 0 Å². The van der Waals surface area contributed by atoms with E-state index in [4.69, 9.17) is 5.21 Å². The zero-order chi connectivity index (χ0) is 21.2. The van der Waals surface area contributed by atoms with Crippen LogP contribution in [0.1, 0.15) is 22.3 Å². The fourth-order valence-corrected chi connectivity index (χ4v) is 2.85. The minimum Gasteiger partial charge on any atom is -0.348 e. The molecule has 3 aromatic carbocycles. The molecule has 0 atom stereocenters. The van der Waals surface area contributed by atoms with Gasteiger partial charge in [0.1, 0.15) is 0 Å². The molecular weight excluding hydrogens is 376 g/mol. The molecule has 0 aliphatic rings. The van der Waals surface area contributed by atoms with Crippen molar-refractivity contribution in [2.24, 2.45) is 0 Å². The normalized spacial score (nSPS) is 11.3. The zero-order valence-electron chi connectivity index (χ0n) is 16.3. The Bertz CT molecular complexity index is 1040. The first-order valence-electron chi connectivity index (χ1n) is 9.47. The number of rotatable bonds is 7. The molecule has 0 spiro atoms. The number of amides is 2. The molecule has 0 bridgehead atoms. The van der Waals surface area contributed by atoms with E-state index < -0.39 is 5.91 Å². The topological polar surface area (TPSA) is 78.4 Å². The summed E-state index contributed by atoms with van der Waals surface area (Å²) in [7, 11) is 0. The molecule has 3 aromatic rings. The van der Waals surface area contributed by atoms with Crippen LogP contribution in [-0.4, -0.2) is 17.0 Å². The smallest absolute Gasteiger partial charge is 0.267 e. The number of carbonyl (C=O) groups is 2. The molecule has 0 unspecified atom stereocenters. The van der Waals surface area contributed by atoms with Crippen LogP contribution in [0.4, 0.5) is 0 Å². The highest BCUT2D eigenvalue weighted by Crippen LogP contribution is 2.19. The van der Waals surface area contributed by atoms with Gasteiger partial charge >= 0.3 is 0 Å². The van der Waals surface area contributed by atoms with Crippen LogP contribution in [0.3, 0.4) is 0 Å². The molecule has 0 saturated carbocycles. The fraction of sp³-hybridized carbons (Fsp3) is 0.0400. The molecule has 30 heavy (non-hydrogen) atoms. The van der Waals surface area contributed by atoms with E-state index in [9.17, 15) is 9.59 Å². The predicted molar refractivity (Wildman–Crippen MR) is 118 cm³/mol. The number of hydroxylamine groups is 1. The highest BCUT2D eigenvalue weighted by atomic mass is 16.5. The second kappa shape index (κ2) is 10.5. The van der Waals surface area contributed by atoms with Crippen LogP contribution < -0.4 is 10.8 Å². The average molecular weight is 398 g/mol. The molecule has 150 valence electrons. The highest BCUT2D eigenvalue weighted by Gasteiger charge is 2.12. The molecule has 0 aliphatic heterocycles. The van der Waals surface area contributed by atoms with E-state index in [1.807, 2.05) is 91.0 Å². The number of nitrogens with one attached hydrogen (secondary N) is 2. The third-order valence-electron chi connectivity index (χ3n) is 4.41. The van der Waals surface area contributed by atoms with Crippen LogP contribution in [0, 0.1) is 0 Å². The summed E-state index contributed by atoms with van der Waals surface area (Å²) in [4.78, 5) is 24.0. The van der Waals surface area contributed by atoms with Gasteiger partial charge in [0.2, 0.25) is 0 Å². The van der Waals surface area contributed by atoms with Crippen molar-refractivity contribution in [2.45, 2.75) is 6.54 Å². The van der Waals surface area contributed by atoms with E-state index in [1.54, 1.807) is 11.6 Å². The van der Waals surface area contributed by atoms with E-state index >= 15 is 0 Å². The molecule has 3 N–H and O–H groups in total. The van der Waals surface area contributed by atoms with Crippen molar-refractivity contribution in [3.63, 3.8) is 0 Å². The Labute approximate surface area is 175 Å². The number of hydrogen-bond donors (Lipinski definition) is 3. The molecular formula is C25H22N2O3. The van der Waals surface area contributed by atoms with Crippen LogP contribution >= 0.6 is 0 Å². The number of benzene rings is 3. The van der Waals surface area contributed by atoms with Gasteiger partial charge in [0.25, 0.3) is 11.8 Å². The lowest BCUT2D eigenvalue weighted by Crippen LogP contribution is -2.23. The summed E-state index contributed by atoms with van der Waals surface area (Å²) < 4.78 is 0. The van der Waals surface area contributed by atoms with Gasteiger partial charge in [-0.05, 0) is 34.4 Å². The Morgan fingerprint density at radius 2 is 1.43 bits per heavy atom. The predicted octanol–water partition coefficient (Wildman–Crippen LogP) is 4.06. The molecule has 0 fully saturated rings. The van der Waals surface area contributed by atoms with Crippen LogP contribution in [0.2, 0.25) is 0 Å². The maximum Gasteiger partial charge on any atom is 0.267 e. The lowest BCUT2D eigenvalue weighted by Gasteiger charge is -2.10. The Morgan fingerprint density at radius 3 is 2.07 bits per heavy atom. The Kier molecular flexibility index (Phi) is 7.30. The van der Waals surface area contributed by atoms with Gasteiger partial charge in [-0.2, -0.15) is 0 Å². The summed E-state index contributed by atoms with van der Waals surface area (Å²) in [6.07, 6.45) is 4.70. The van der Waals surface area contributed by atoms with Gasteiger partial charge in [-0.3, -0.25) is 14.8 Å². The third kappa shape index (κ3) is 6.02. The van der Waals surface area contributed by atoms with Crippen LogP contribution in [0.5, 0.6) is 0 Å². The standard InChI is InChI=1S/C25H22N2O3/c28-24(27-30)16-15-19-11-13-21(14-12-19)18-26-25(29)23(22-9-5-2-6-10-22)17-20-7-3-1-4-8-20/h1-17,30H,18H2,(H,26,29)(H,27,28)/b16-15+,23-17+. The molecule has 0 aromatic heterocycles. The van der Waals surface area contributed by atoms with Gasteiger partial charge in [-0.1, -0.05) is 84.9 Å². The lowest BCUT2D eigenvalue weighted by atomic mass is 10.0. The maximum absolute atomic E-state index is 12.9. The van der Waals surface area contributed by atoms with Crippen molar-refractivity contribution in [1.29, 1.82) is 0 Å². The van der Waals surface area contributed by atoms with Gasteiger partial charge in [0, 0.05) is 18.2 Å². The molecule has 0 radical (unpaired) electrons. The van der Waals surface area contributed by atoms with E-state index in [2.05, 4.69) is 5.32 Å². The van der Waals surface area contributed by atoms with E-state index in [0.29, 0.717) is 12.1 Å². The Hall–Kier alpha value is -3.96. The van der Waals surface area contributed by atoms with E-state index in [1.165, 1.54) is 6.08 Å². The second-order valence-corrected chi connectivity index (χ2v) is 6.57. The lowest BCUT2D eigenvalue weighted by molar-refractivity contribution is -0.124. The van der Waals surface area contributed by atoms with Crippen molar-refractivity contribution in [3.8, 4) is 0 Å². The fourth-order valence-electron chi connectivity index (χ4n) is 2.85. The summed E-state index contributed by atoms with van der Waals surface area (Å²) in [5, 5.41) is 11.5. The van der Waals surface area contributed by atoms with E-state index in [0.717, 1.165) is 22.3 Å². The Morgan fingerprint density at radius 1 is 0.800 bits per heavy atom. The summed E-state index contributed by atoms with van der Waals surface area (Å²) >= 11 is 0. The SMILES string of the molecule is O=C(/C=C/c1ccc(CNC(=O)/C(=C/c2ccccc2)c2ccccc2)cc1)NO. The third-order valence-corrected chi connectivity index (χ3v) is 4.41.